The molecular weight excluding hydrogens is 286 g/mol. The lowest BCUT2D eigenvalue weighted by atomic mass is 9.75. The summed E-state index contributed by atoms with van der Waals surface area (Å²) in [5, 5.41) is 3.87. The van der Waals surface area contributed by atoms with Gasteiger partial charge < -0.3 is 5.32 Å². The van der Waals surface area contributed by atoms with E-state index in [4.69, 9.17) is 0 Å². The molecule has 2 unspecified atom stereocenters. The van der Waals surface area contributed by atoms with Crippen molar-refractivity contribution < 1.29 is 0 Å². The smallest absolute Gasteiger partial charge is 0.0210 e. The summed E-state index contributed by atoms with van der Waals surface area (Å²) in [5.41, 5.74) is 1.50. The molecule has 1 aromatic carbocycles. The number of hydrogen-bond acceptors (Lipinski definition) is 1. The molecule has 2 atom stereocenters. The molecule has 0 radical (unpaired) electrons. The van der Waals surface area contributed by atoms with Gasteiger partial charge >= 0.3 is 0 Å². The van der Waals surface area contributed by atoms with Crippen molar-refractivity contribution in [3.05, 3.63) is 34.3 Å². The van der Waals surface area contributed by atoms with E-state index in [1.54, 1.807) is 0 Å². The summed E-state index contributed by atoms with van der Waals surface area (Å²) in [4.78, 5) is 0. The van der Waals surface area contributed by atoms with E-state index >= 15 is 0 Å². The van der Waals surface area contributed by atoms with Crippen LogP contribution >= 0.6 is 15.9 Å². The first-order chi connectivity index (χ1) is 8.74. The van der Waals surface area contributed by atoms with Crippen LogP contribution in [-0.4, -0.2) is 12.1 Å². The molecule has 0 aliphatic heterocycles. The third kappa shape index (κ3) is 2.50. The summed E-state index contributed by atoms with van der Waals surface area (Å²) >= 11 is 3.67. The Morgan fingerprint density at radius 1 is 1.17 bits per heavy atom. The van der Waals surface area contributed by atoms with Crippen LogP contribution in [0.4, 0.5) is 0 Å². The average molecular weight is 308 g/mol. The lowest BCUT2D eigenvalue weighted by Gasteiger charge is -2.39. The van der Waals surface area contributed by atoms with Crippen LogP contribution in [0.3, 0.4) is 0 Å². The molecular formula is C16H22BrN. The molecule has 0 aromatic heterocycles. The average Bonchev–Trinajstić information content (AvgIpc) is 2.70. The van der Waals surface area contributed by atoms with Gasteiger partial charge in [-0.05, 0) is 49.1 Å². The summed E-state index contributed by atoms with van der Waals surface area (Å²) in [6.45, 7) is 2.40. The molecule has 1 nitrogen and oxygen atoms in total. The highest BCUT2D eigenvalue weighted by molar-refractivity contribution is 9.10. The molecule has 2 aliphatic carbocycles. The molecule has 1 N–H and O–H groups in total. The molecule has 0 heterocycles. The minimum atomic E-state index is 0.757. The van der Waals surface area contributed by atoms with E-state index in [2.05, 4.69) is 52.4 Å². The van der Waals surface area contributed by atoms with Crippen LogP contribution in [-0.2, 0) is 0 Å². The zero-order chi connectivity index (χ0) is 12.5. The van der Waals surface area contributed by atoms with Gasteiger partial charge in [-0.15, -0.1) is 0 Å². The van der Waals surface area contributed by atoms with Crippen molar-refractivity contribution >= 4 is 15.9 Å². The lowest BCUT2D eigenvalue weighted by Crippen LogP contribution is -2.46. The van der Waals surface area contributed by atoms with Crippen LogP contribution in [0.15, 0.2) is 28.7 Å². The number of hydrogen-bond donors (Lipinski definition) is 1. The maximum atomic E-state index is 3.87. The fraction of sp³-hybridized carbons (Fsp3) is 0.625. The first kappa shape index (κ1) is 12.7. The van der Waals surface area contributed by atoms with Crippen LogP contribution in [0, 0.1) is 5.92 Å². The second-order valence-corrected chi connectivity index (χ2v) is 6.92. The van der Waals surface area contributed by atoms with E-state index < -0.39 is 0 Å². The Hall–Kier alpha value is -0.340. The molecule has 18 heavy (non-hydrogen) atoms. The first-order valence-electron chi connectivity index (χ1n) is 7.24. The molecule has 0 bridgehead atoms. The predicted molar refractivity (Wildman–Crippen MR) is 79.8 cm³/mol. The van der Waals surface area contributed by atoms with E-state index in [-0.39, 0.29) is 0 Å². The second-order valence-electron chi connectivity index (χ2n) is 6.07. The quantitative estimate of drug-likeness (QED) is 0.868. The molecule has 2 heteroatoms. The first-order valence-corrected chi connectivity index (χ1v) is 8.04. The third-order valence-electron chi connectivity index (χ3n) is 4.79. The molecule has 3 rings (SSSR count). The summed E-state index contributed by atoms with van der Waals surface area (Å²) in [6.07, 6.45) is 6.84. The maximum absolute atomic E-state index is 3.87. The van der Waals surface area contributed by atoms with Gasteiger partial charge in [-0.3, -0.25) is 0 Å². The van der Waals surface area contributed by atoms with Crippen molar-refractivity contribution in [2.24, 2.45) is 5.92 Å². The van der Waals surface area contributed by atoms with Crippen molar-refractivity contribution in [3.63, 3.8) is 0 Å². The van der Waals surface area contributed by atoms with Gasteiger partial charge in [-0.25, -0.2) is 0 Å². The van der Waals surface area contributed by atoms with Crippen LogP contribution < -0.4 is 5.32 Å². The van der Waals surface area contributed by atoms with Gasteiger partial charge in [0.25, 0.3) is 0 Å². The Morgan fingerprint density at radius 2 is 1.94 bits per heavy atom. The largest absolute Gasteiger partial charge is 0.311 e. The third-order valence-corrected chi connectivity index (χ3v) is 5.52. The van der Waals surface area contributed by atoms with Crippen molar-refractivity contribution in [1.29, 1.82) is 0 Å². The van der Waals surface area contributed by atoms with Crippen LogP contribution in [0.1, 0.15) is 50.5 Å². The SMILES string of the molecule is CC1CCCC1NC1CC(c2ccccc2Br)C1. The van der Waals surface area contributed by atoms with Crippen LogP contribution in [0.25, 0.3) is 0 Å². The van der Waals surface area contributed by atoms with Gasteiger partial charge in [0.1, 0.15) is 0 Å². The molecule has 1 aromatic rings. The molecule has 2 saturated carbocycles. The van der Waals surface area contributed by atoms with Crippen LogP contribution in [0.2, 0.25) is 0 Å². The van der Waals surface area contributed by atoms with Gasteiger partial charge in [0.15, 0.2) is 0 Å². The Labute approximate surface area is 118 Å². The molecule has 98 valence electrons. The number of nitrogens with one attached hydrogen (secondary N) is 1. The topological polar surface area (TPSA) is 12.0 Å². The zero-order valence-electron chi connectivity index (χ0n) is 11.0. The molecule has 2 aliphatic rings. The molecule has 0 spiro atoms. The Bertz CT molecular complexity index is 411. The summed E-state index contributed by atoms with van der Waals surface area (Å²) in [7, 11) is 0. The van der Waals surface area contributed by atoms with Crippen molar-refractivity contribution in [2.45, 2.75) is 57.0 Å². The predicted octanol–water partition coefficient (Wildman–Crippen LogP) is 4.47. The molecule has 0 saturated heterocycles. The standard InChI is InChI=1S/C16H22BrN/c1-11-5-4-8-16(11)18-13-9-12(10-13)14-6-2-3-7-15(14)17/h2-3,6-7,11-13,16,18H,4-5,8-10H2,1H3. The zero-order valence-corrected chi connectivity index (χ0v) is 12.6. The highest BCUT2D eigenvalue weighted by atomic mass is 79.9. The number of rotatable bonds is 3. The summed E-state index contributed by atoms with van der Waals surface area (Å²) in [6, 6.07) is 10.2. The monoisotopic (exact) mass is 307 g/mol. The van der Waals surface area contributed by atoms with E-state index in [0.717, 1.165) is 23.9 Å². The van der Waals surface area contributed by atoms with E-state index in [9.17, 15) is 0 Å². The van der Waals surface area contributed by atoms with Gasteiger partial charge in [0.05, 0.1) is 0 Å². The summed E-state index contributed by atoms with van der Waals surface area (Å²) in [5.74, 6) is 1.64. The Balaban J connectivity index is 1.53. The fourth-order valence-electron chi connectivity index (χ4n) is 3.51. The summed E-state index contributed by atoms with van der Waals surface area (Å²) < 4.78 is 1.28. The fourth-order valence-corrected chi connectivity index (χ4v) is 4.12. The Kier molecular flexibility index (Phi) is 3.76. The van der Waals surface area contributed by atoms with Crippen molar-refractivity contribution in [3.8, 4) is 0 Å². The van der Waals surface area contributed by atoms with Gasteiger partial charge in [-0.1, -0.05) is 47.5 Å². The van der Waals surface area contributed by atoms with Gasteiger partial charge in [0, 0.05) is 16.6 Å². The highest BCUT2D eigenvalue weighted by Gasteiger charge is 2.34. The lowest BCUT2D eigenvalue weighted by molar-refractivity contribution is 0.247. The van der Waals surface area contributed by atoms with E-state index in [1.165, 1.54) is 42.1 Å². The highest BCUT2D eigenvalue weighted by Crippen LogP contribution is 2.41. The molecule has 2 fully saturated rings. The van der Waals surface area contributed by atoms with Gasteiger partial charge in [0.2, 0.25) is 0 Å². The van der Waals surface area contributed by atoms with Gasteiger partial charge in [-0.2, -0.15) is 0 Å². The second kappa shape index (κ2) is 5.34. The number of benzene rings is 1. The maximum Gasteiger partial charge on any atom is 0.0210 e. The minimum Gasteiger partial charge on any atom is -0.311 e. The Morgan fingerprint density at radius 3 is 2.61 bits per heavy atom. The molecule has 0 amide bonds. The minimum absolute atomic E-state index is 0.757. The van der Waals surface area contributed by atoms with Crippen LogP contribution in [0.5, 0.6) is 0 Å². The normalized spacial score (nSPS) is 35.4. The van der Waals surface area contributed by atoms with Crippen molar-refractivity contribution in [2.75, 3.05) is 0 Å². The van der Waals surface area contributed by atoms with Crippen molar-refractivity contribution in [1.82, 2.24) is 5.32 Å². The van der Waals surface area contributed by atoms with E-state index in [0.29, 0.717) is 0 Å². The number of halogens is 1. The van der Waals surface area contributed by atoms with E-state index in [1.807, 2.05) is 0 Å².